The van der Waals surface area contributed by atoms with Crippen molar-refractivity contribution in [3.63, 3.8) is 0 Å². The summed E-state index contributed by atoms with van der Waals surface area (Å²) in [5.74, 6) is 0.316. The topological polar surface area (TPSA) is 95.1 Å². The van der Waals surface area contributed by atoms with Crippen molar-refractivity contribution < 1.29 is 14.7 Å². The van der Waals surface area contributed by atoms with Crippen LogP contribution in [-0.4, -0.2) is 43.5 Å². The van der Waals surface area contributed by atoms with Crippen molar-refractivity contribution in [1.29, 1.82) is 0 Å². The van der Waals surface area contributed by atoms with E-state index >= 15 is 0 Å². The predicted octanol–water partition coefficient (Wildman–Crippen LogP) is 6.11. The van der Waals surface area contributed by atoms with Crippen LogP contribution in [0.1, 0.15) is 42.8 Å². The lowest BCUT2D eigenvalue weighted by Crippen LogP contribution is -2.45. The molecule has 202 valence electrons. The number of nitrogens with zero attached hydrogens (tertiary/aromatic N) is 1. The lowest BCUT2D eigenvalue weighted by Gasteiger charge is -2.36. The lowest BCUT2D eigenvalue weighted by molar-refractivity contribution is -0.141. The zero-order valence-corrected chi connectivity index (χ0v) is 23.7. The summed E-state index contributed by atoms with van der Waals surface area (Å²) in [5, 5.41) is 12.9. The third-order valence-corrected chi connectivity index (χ3v) is 9.37. The number of benzene rings is 3. The highest BCUT2D eigenvalue weighted by Crippen LogP contribution is 2.48. The van der Waals surface area contributed by atoms with E-state index in [4.69, 9.17) is 0 Å². The molecule has 0 bridgehead atoms. The minimum Gasteiger partial charge on any atom is -0.480 e. The Kier molecular flexibility index (Phi) is 9.54. The Morgan fingerprint density at radius 3 is 1.82 bits per heavy atom. The quantitative estimate of drug-likeness (QED) is 0.171. The molecule has 0 aliphatic rings. The maximum Gasteiger partial charge on any atom is 0.327 e. The Balaban J connectivity index is 1.56. The van der Waals surface area contributed by atoms with Gasteiger partial charge in [-0.05, 0) is 16.7 Å². The number of nitrogens with one attached hydrogen (secondary N) is 2. The van der Waals surface area contributed by atoms with Crippen LogP contribution in [0.4, 0.5) is 0 Å². The predicted molar refractivity (Wildman–Crippen MR) is 160 cm³/mol. The van der Waals surface area contributed by atoms with Gasteiger partial charge < -0.3 is 15.4 Å². The molecular weight excluding hydrogens is 526 g/mol. The van der Waals surface area contributed by atoms with Gasteiger partial charge in [0.05, 0.1) is 10.5 Å². The number of carboxylic acid groups (broad SMARTS) is 1. The highest BCUT2D eigenvalue weighted by molar-refractivity contribution is 8.00. The summed E-state index contributed by atoms with van der Waals surface area (Å²) in [5.41, 5.74) is 3.12. The van der Waals surface area contributed by atoms with E-state index in [-0.39, 0.29) is 18.1 Å². The molecule has 4 rings (SSSR count). The SMILES string of the molecule is CC(C)(CC(=O)N[C@@H](CSC(c1ccccc1)(c1ccccc1)c1ccccc1)C(=O)O)SCc1ncc[nH]1. The molecule has 0 fully saturated rings. The Hall–Kier alpha value is -3.49. The van der Waals surface area contributed by atoms with E-state index in [1.165, 1.54) is 11.8 Å². The number of aliphatic carboxylic acids is 1. The van der Waals surface area contributed by atoms with Gasteiger partial charge in [0, 0.05) is 29.3 Å². The van der Waals surface area contributed by atoms with Crippen LogP contribution in [-0.2, 0) is 20.1 Å². The van der Waals surface area contributed by atoms with Crippen molar-refractivity contribution in [2.24, 2.45) is 0 Å². The highest BCUT2D eigenvalue weighted by atomic mass is 32.2. The van der Waals surface area contributed by atoms with E-state index in [1.807, 2.05) is 68.4 Å². The first-order valence-electron chi connectivity index (χ1n) is 12.7. The third kappa shape index (κ3) is 7.34. The molecule has 0 aliphatic carbocycles. The van der Waals surface area contributed by atoms with Gasteiger partial charge in [-0.25, -0.2) is 9.78 Å². The lowest BCUT2D eigenvalue weighted by atomic mass is 9.84. The molecule has 1 aromatic heterocycles. The summed E-state index contributed by atoms with van der Waals surface area (Å²) >= 11 is 3.12. The summed E-state index contributed by atoms with van der Waals surface area (Å²) in [6.07, 6.45) is 3.66. The number of amides is 1. The number of rotatable bonds is 13. The summed E-state index contributed by atoms with van der Waals surface area (Å²) in [6, 6.07) is 29.3. The molecule has 0 aliphatic heterocycles. The van der Waals surface area contributed by atoms with Crippen molar-refractivity contribution in [1.82, 2.24) is 15.3 Å². The van der Waals surface area contributed by atoms with Crippen LogP contribution < -0.4 is 5.32 Å². The Morgan fingerprint density at radius 1 is 0.872 bits per heavy atom. The standard InChI is InChI=1S/C31H33N3O3S2/c1-30(2,38-22-27-32-18-19-33-27)20-28(35)34-26(29(36)37)21-39-31(23-12-6-3-7-13-23,24-14-8-4-9-15-24)25-16-10-5-11-17-25/h3-19,26H,20-22H2,1-2H3,(H,32,33)(H,34,35)(H,36,37)/t26-/m0/s1. The molecule has 4 aromatic rings. The van der Waals surface area contributed by atoms with E-state index in [9.17, 15) is 14.7 Å². The first-order valence-corrected chi connectivity index (χ1v) is 14.7. The number of hydrogen-bond donors (Lipinski definition) is 3. The number of hydrogen-bond acceptors (Lipinski definition) is 5. The normalized spacial score (nSPS) is 12.6. The van der Waals surface area contributed by atoms with Gasteiger partial charge >= 0.3 is 5.97 Å². The third-order valence-electron chi connectivity index (χ3n) is 6.38. The second kappa shape index (κ2) is 13.0. The molecule has 0 saturated carbocycles. The van der Waals surface area contributed by atoms with Gasteiger partial charge in [0.2, 0.25) is 5.91 Å². The van der Waals surface area contributed by atoms with Crippen LogP contribution in [0.25, 0.3) is 0 Å². The maximum atomic E-state index is 13.0. The first kappa shape index (κ1) is 28.5. The van der Waals surface area contributed by atoms with Crippen LogP contribution in [0.5, 0.6) is 0 Å². The van der Waals surface area contributed by atoms with Gasteiger partial charge in [0.1, 0.15) is 11.9 Å². The van der Waals surface area contributed by atoms with Gasteiger partial charge in [0.25, 0.3) is 0 Å². The van der Waals surface area contributed by atoms with Crippen molar-refractivity contribution >= 4 is 35.4 Å². The Bertz CT molecular complexity index is 1230. The molecule has 1 heterocycles. The summed E-state index contributed by atoms with van der Waals surface area (Å²) in [7, 11) is 0. The molecule has 0 unspecified atom stereocenters. The van der Waals surface area contributed by atoms with Crippen molar-refractivity contribution in [3.8, 4) is 0 Å². The molecule has 1 atom stereocenters. The molecule has 39 heavy (non-hydrogen) atoms. The second-order valence-corrected chi connectivity index (χ2v) is 12.7. The van der Waals surface area contributed by atoms with Gasteiger partial charge in [-0.2, -0.15) is 0 Å². The average molecular weight is 560 g/mol. The largest absolute Gasteiger partial charge is 0.480 e. The molecule has 3 N–H and O–H groups in total. The van der Waals surface area contributed by atoms with E-state index in [2.05, 4.69) is 51.7 Å². The van der Waals surface area contributed by atoms with E-state index in [1.54, 1.807) is 24.2 Å². The number of carbonyl (C=O) groups excluding carboxylic acids is 1. The number of thioether (sulfide) groups is 2. The molecule has 1 amide bonds. The number of H-pyrrole nitrogens is 1. The fourth-order valence-electron chi connectivity index (χ4n) is 4.48. The highest BCUT2D eigenvalue weighted by Gasteiger charge is 2.38. The van der Waals surface area contributed by atoms with Gasteiger partial charge in [-0.3, -0.25) is 4.79 Å². The zero-order chi connectivity index (χ0) is 27.7. The summed E-state index contributed by atoms with van der Waals surface area (Å²) < 4.78 is -1.06. The van der Waals surface area contributed by atoms with Crippen molar-refractivity contribution in [3.05, 3.63) is 126 Å². The first-order chi connectivity index (χ1) is 18.8. The fraction of sp³-hybridized carbons (Fsp3) is 0.258. The molecule has 3 aromatic carbocycles. The Labute approximate surface area is 238 Å². The number of carbonyl (C=O) groups is 2. The van der Waals surface area contributed by atoms with Crippen LogP contribution in [0.15, 0.2) is 103 Å². The number of carboxylic acids is 1. The molecular formula is C31H33N3O3S2. The molecule has 8 heteroatoms. The zero-order valence-electron chi connectivity index (χ0n) is 22.0. The van der Waals surface area contributed by atoms with Crippen molar-refractivity contribution in [2.75, 3.05) is 5.75 Å². The monoisotopic (exact) mass is 559 g/mol. The van der Waals surface area contributed by atoms with E-state index in [0.717, 1.165) is 22.5 Å². The number of aromatic amines is 1. The van der Waals surface area contributed by atoms with Crippen LogP contribution >= 0.6 is 23.5 Å². The van der Waals surface area contributed by atoms with Gasteiger partial charge in [0.15, 0.2) is 0 Å². The average Bonchev–Trinajstić information content (AvgIpc) is 3.47. The van der Waals surface area contributed by atoms with Gasteiger partial charge in [-0.15, -0.1) is 23.5 Å². The summed E-state index contributed by atoms with van der Waals surface area (Å²) in [6.45, 7) is 3.96. The smallest absolute Gasteiger partial charge is 0.327 e. The maximum absolute atomic E-state index is 13.0. The molecule has 0 spiro atoms. The molecule has 0 saturated heterocycles. The Morgan fingerprint density at radius 2 is 1.38 bits per heavy atom. The van der Waals surface area contributed by atoms with Crippen LogP contribution in [0.2, 0.25) is 0 Å². The van der Waals surface area contributed by atoms with E-state index in [0.29, 0.717) is 5.75 Å². The van der Waals surface area contributed by atoms with Crippen molar-refractivity contribution in [2.45, 2.75) is 41.6 Å². The fourth-order valence-corrected chi connectivity index (χ4v) is 6.94. The van der Waals surface area contributed by atoms with Crippen LogP contribution in [0, 0.1) is 0 Å². The number of imidazole rings is 1. The minimum atomic E-state index is -1.06. The number of aromatic nitrogens is 2. The van der Waals surface area contributed by atoms with E-state index < -0.39 is 21.5 Å². The molecule has 6 nitrogen and oxygen atoms in total. The van der Waals surface area contributed by atoms with Crippen LogP contribution in [0.3, 0.4) is 0 Å². The second-order valence-electron chi connectivity index (χ2n) is 9.81. The molecule has 0 radical (unpaired) electrons. The minimum absolute atomic E-state index is 0.180. The van der Waals surface area contributed by atoms with Gasteiger partial charge in [-0.1, -0.05) is 105 Å². The summed E-state index contributed by atoms with van der Waals surface area (Å²) in [4.78, 5) is 32.7.